The Bertz CT molecular complexity index is 560. The van der Waals surface area contributed by atoms with E-state index in [9.17, 15) is 9.59 Å². The van der Waals surface area contributed by atoms with Gasteiger partial charge >= 0.3 is 0 Å². The third-order valence-electron chi connectivity index (χ3n) is 3.36. The number of amides is 2. The molecule has 19 heavy (non-hydrogen) atoms. The fraction of sp³-hybridized carbons (Fsp3) is 0.385. The van der Waals surface area contributed by atoms with Crippen molar-refractivity contribution in [3.63, 3.8) is 0 Å². The van der Waals surface area contributed by atoms with Crippen molar-refractivity contribution in [1.82, 2.24) is 4.90 Å². The summed E-state index contributed by atoms with van der Waals surface area (Å²) in [6.45, 7) is 0. The van der Waals surface area contributed by atoms with Crippen molar-refractivity contribution < 1.29 is 9.59 Å². The van der Waals surface area contributed by atoms with Gasteiger partial charge in [-0.15, -0.1) is 0 Å². The highest BCUT2D eigenvalue weighted by Gasteiger charge is 2.46. The number of imide groups is 1. The maximum atomic E-state index is 12.2. The molecule has 1 aromatic carbocycles. The van der Waals surface area contributed by atoms with E-state index in [1.807, 2.05) is 0 Å². The molecule has 0 aromatic heterocycles. The molecule has 1 saturated heterocycles. The van der Waals surface area contributed by atoms with Crippen LogP contribution in [0.4, 0.5) is 5.69 Å². The molecule has 0 radical (unpaired) electrons. The van der Waals surface area contributed by atoms with Crippen LogP contribution < -0.4 is 5.32 Å². The van der Waals surface area contributed by atoms with E-state index >= 15 is 0 Å². The number of anilines is 1. The molecule has 1 aliphatic heterocycles. The van der Waals surface area contributed by atoms with E-state index in [0.717, 1.165) is 23.0 Å². The number of carbonyl (C=O) groups is 2. The van der Waals surface area contributed by atoms with E-state index in [-0.39, 0.29) is 24.3 Å². The van der Waals surface area contributed by atoms with Gasteiger partial charge < -0.3 is 5.32 Å². The average Bonchev–Trinajstić information content (AvgIpc) is 3.12. The molecule has 1 saturated carbocycles. The third-order valence-corrected chi connectivity index (χ3v) is 4.25. The van der Waals surface area contributed by atoms with Crippen LogP contribution in [0.3, 0.4) is 0 Å². The number of benzene rings is 1. The highest BCUT2D eigenvalue weighted by atomic mass is 79.9. The van der Waals surface area contributed by atoms with Crippen LogP contribution in [0.15, 0.2) is 22.7 Å². The molecule has 6 heteroatoms. The topological polar surface area (TPSA) is 49.4 Å². The van der Waals surface area contributed by atoms with Gasteiger partial charge in [-0.2, -0.15) is 0 Å². The molecule has 2 amide bonds. The number of nitrogens with zero attached hydrogens (tertiary/aromatic N) is 1. The lowest BCUT2D eigenvalue weighted by Crippen LogP contribution is -2.36. The largest absolute Gasteiger partial charge is 0.372 e. The molecule has 0 bridgehead atoms. The Labute approximate surface area is 124 Å². The molecular formula is C13H12BrClN2O2. The summed E-state index contributed by atoms with van der Waals surface area (Å²) < 4.78 is 0.783. The van der Waals surface area contributed by atoms with Gasteiger partial charge in [0.05, 0.1) is 6.42 Å². The minimum absolute atomic E-state index is 0.0740. The van der Waals surface area contributed by atoms with Gasteiger partial charge in [0.2, 0.25) is 5.91 Å². The van der Waals surface area contributed by atoms with E-state index in [1.54, 1.807) is 18.2 Å². The van der Waals surface area contributed by atoms with Crippen molar-refractivity contribution in [2.24, 2.45) is 0 Å². The van der Waals surface area contributed by atoms with Crippen LogP contribution in [0.1, 0.15) is 19.3 Å². The first-order valence-corrected chi connectivity index (χ1v) is 7.31. The molecule has 4 nitrogen and oxygen atoms in total. The molecule has 1 unspecified atom stereocenters. The maximum absolute atomic E-state index is 12.2. The second-order valence-electron chi connectivity index (χ2n) is 4.86. The zero-order chi connectivity index (χ0) is 13.6. The Morgan fingerprint density at radius 2 is 2.05 bits per heavy atom. The van der Waals surface area contributed by atoms with Crippen LogP contribution in [0.25, 0.3) is 0 Å². The zero-order valence-electron chi connectivity index (χ0n) is 10.0. The second kappa shape index (κ2) is 4.80. The Balaban J connectivity index is 1.76. The summed E-state index contributed by atoms with van der Waals surface area (Å²) in [6.07, 6.45) is 2.11. The van der Waals surface area contributed by atoms with Crippen molar-refractivity contribution in [3.8, 4) is 0 Å². The van der Waals surface area contributed by atoms with Gasteiger partial charge in [0.1, 0.15) is 6.04 Å². The summed E-state index contributed by atoms with van der Waals surface area (Å²) >= 11 is 9.26. The molecule has 1 aliphatic carbocycles. The first-order chi connectivity index (χ1) is 9.06. The normalized spacial score (nSPS) is 23.1. The molecule has 3 rings (SSSR count). The predicted octanol–water partition coefficient (Wildman–Crippen LogP) is 2.80. The average molecular weight is 344 g/mol. The fourth-order valence-corrected chi connectivity index (χ4v) is 3.07. The number of hydrogen-bond acceptors (Lipinski definition) is 3. The Morgan fingerprint density at radius 3 is 2.68 bits per heavy atom. The molecule has 1 atom stereocenters. The van der Waals surface area contributed by atoms with E-state index < -0.39 is 6.04 Å². The SMILES string of the molecule is O=C1CC(Nc2ccc(Cl)cc2Br)C(=O)N1C1CC1. The number of carbonyl (C=O) groups excluding carboxylic acids is 2. The highest BCUT2D eigenvalue weighted by Crippen LogP contribution is 2.33. The van der Waals surface area contributed by atoms with E-state index in [0.29, 0.717) is 5.02 Å². The van der Waals surface area contributed by atoms with E-state index in [1.165, 1.54) is 4.90 Å². The maximum Gasteiger partial charge on any atom is 0.252 e. The molecule has 2 fully saturated rings. The standard InChI is InChI=1S/C13H12BrClN2O2/c14-9-5-7(15)1-4-10(9)16-11-6-12(18)17(13(11)19)8-2-3-8/h1,4-5,8,11,16H,2-3,6H2. The number of nitrogens with one attached hydrogen (secondary N) is 1. The van der Waals surface area contributed by atoms with Crippen LogP contribution in [0, 0.1) is 0 Å². The van der Waals surface area contributed by atoms with Crippen LogP contribution in [-0.2, 0) is 9.59 Å². The number of likely N-dealkylation sites (tertiary alicyclic amines) is 1. The van der Waals surface area contributed by atoms with Gasteiger partial charge in [-0.1, -0.05) is 11.6 Å². The smallest absolute Gasteiger partial charge is 0.252 e. The lowest BCUT2D eigenvalue weighted by molar-refractivity contribution is -0.139. The van der Waals surface area contributed by atoms with Crippen LogP contribution in [0.5, 0.6) is 0 Å². The van der Waals surface area contributed by atoms with E-state index in [4.69, 9.17) is 11.6 Å². The van der Waals surface area contributed by atoms with Gasteiger partial charge in [0, 0.05) is 21.2 Å². The Morgan fingerprint density at radius 1 is 1.32 bits per heavy atom. The second-order valence-corrected chi connectivity index (χ2v) is 6.15. The third kappa shape index (κ3) is 2.49. The quantitative estimate of drug-likeness (QED) is 0.859. The molecule has 1 heterocycles. The van der Waals surface area contributed by atoms with Crippen molar-refractivity contribution >= 4 is 45.0 Å². The van der Waals surface area contributed by atoms with Gasteiger partial charge in [-0.25, -0.2) is 0 Å². The number of hydrogen-bond donors (Lipinski definition) is 1. The van der Waals surface area contributed by atoms with Crippen molar-refractivity contribution in [1.29, 1.82) is 0 Å². The first-order valence-electron chi connectivity index (χ1n) is 6.14. The summed E-state index contributed by atoms with van der Waals surface area (Å²) in [7, 11) is 0. The molecule has 1 N–H and O–H groups in total. The monoisotopic (exact) mass is 342 g/mol. The van der Waals surface area contributed by atoms with Crippen LogP contribution in [-0.4, -0.2) is 28.8 Å². The Hall–Kier alpha value is -1.07. The van der Waals surface area contributed by atoms with Gasteiger partial charge in [0.25, 0.3) is 5.91 Å². The summed E-state index contributed by atoms with van der Waals surface area (Å²) in [6, 6.07) is 4.97. The summed E-state index contributed by atoms with van der Waals surface area (Å²) in [5, 5.41) is 3.73. The Kier molecular flexibility index (Phi) is 3.27. The van der Waals surface area contributed by atoms with Crippen molar-refractivity contribution in [2.45, 2.75) is 31.3 Å². The zero-order valence-corrected chi connectivity index (χ0v) is 12.4. The molecule has 0 spiro atoms. The lowest BCUT2D eigenvalue weighted by atomic mass is 10.2. The lowest BCUT2D eigenvalue weighted by Gasteiger charge is -2.16. The van der Waals surface area contributed by atoms with Crippen molar-refractivity contribution in [3.05, 3.63) is 27.7 Å². The number of halogens is 2. The molecule has 1 aromatic rings. The molecular weight excluding hydrogens is 332 g/mol. The summed E-state index contributed by atoms with van der Waals surface area (Å²) in [5.74, 6) is -0.190. The molecule has 100 valence electrons. The van der Waals surface area contributed by atoms with Gasteiger partial charge in [0.15, 0.2) is 0 Å². The minimum atomic E-state index is -0.467. The van der Waals surface area contributed by atoms with Crippen molar-refractivity contribution in [2.75, 3.05) is 5.32 Å². The molecule has 2 aliphatic rings. The highest BCUT2D eigenvalue weighted by molar-refractivity contribution is 9.10. The predicted molar refractivity (Wildman–Crippen MR) is 76.1 cm³/mol. The van der Waals surface area contributed by atoms with E-state index in [2.05, 4.69) is 21.2 Å². The van der Waals surface area contributed by atoms with Gasteiger partial charge in [-0.3, -0.25) is 14.5 Å². The minimum Gasteiger partial charge on any atom is -0.372 e. The summed E-state index contributed by atoms with van der Waals surface area (Å²) in [4.78, 5) is 25.4. The van der Waals surface area contributed by atoms with Crippen LogP contribution in [0.2, 0.25) is 5.02 Å². The summed E-state index contributed by atoms with van der Waals surface area (Å²) in [5.41, 5.74) is 0.771. The fourth-order valence-electron chi connectivity index (χ4n) is 2.27. The van der Waals surface area contributed by atoms with Crippen LogP contribution >= 0.6 is 27.5 Å². The number of rotatable bonds is 3. The first kappa shape index (κ1) is 12.9. The van der Waals surface area contributed by atoms with Gasteiger partial charge in [-0.05, 0) is 47.0 Å².